The zero-order valence-corrected chi connectivity index (χ0v) is 17.3. The van der Waals surface area contributed by atoms with Crippen LogP contribution in [0.15, 0.2) is 36.9 Å². The highest BCUT2D eigenvalue weighted by atomic mass is 35.5. The van der Waals surface area contributed by atoms with Crippen LogP contribution >= 0.6 is 11.6 Å². The topological polar surface area (TPSA) is 62.2 Å². The van der Waals surface area contributed by atoms with E-state index in [4.69, 9.17) is 21.1 Å². The Kier molecular flexibility index (Phi) is 5.58. The van der Waals surface area contributed by atoms with Gasteiger partial charge in [-0.3, -0.25) is 9.69 Å². The van der Waals surface area contributed by atoms with E-state index in [0.717, 1.165) is 0 Å². The van der Waals surface area contributed by atoms with E-state index >= 15 is 4.39 Å². The molecular formula is C22H22ClFN2O4. The van der Waals surface area contributed by atoms with E-state index in [-0.39, 0.29) is 52.0 Å². The van der Waals surface area contributed by atoms with E-state index in [1.807, 2.05) is 0 Å². The first-order chi connectivity index (χ1) is 14.4. The van der Waals surface area contributed by atoms with Crippen molar-refractivity contribution in [2.24, 2.45) is 0 Å². The number of piperazine rings is 1. The molecule has 0 saturated carbocycles. The number of hydrogen-bond donors (Lipinski definition) is 1. The van der Waals surface area contributed by atoms with Crippen molar-refractivity contribution in [3.63, 3.8) is 0 Å². The van der Waals surface area contributed by atoms with Gasteiger partial charge in [-0.2, -0.15) is 0 Å². The second kappa shape index (κ2) is 8.16. The summed E-state index contributed by atoms with van der Waals surface area (Å²) in [7, 11) is 1.44. The van der Waals surface area contributed by atoms with Crippen molar-refractivity contribution in [3.8, 4) is 28.4 Å². The maximum absolute atomic E-state index is 15.7. The van der Waals surface area contributed by atoms with Gasteiger partial charge in [0.2, 0.25) is 5.91 Å². The normalized spacial score (nSPS) is 18.6. The highest BCUT2D eigenvalue weighted by Crippen LogP contribution is 2.46. The minimum absolute atomic E-state index is 0.0580. The largest absolute Gasteiger partial charge is 0.507 e. The van der Waals surface area contributed by atoms with Crippen molar-refractivity contribution < 1.29 is 23.8 Å². The van der Waals surface area contributed by atoms with E-state index in [2.05, 4.69) is 11.5 Å². The summed E-state index contributed by atoms with van der Waals surface area (Å²) < 4.78 is 27.0. The van der Waals surface area contributed by atoms with Gasteiger partial charge in [-0.05, 0) is 24.3 Å². The zero-order chi connectivity index (χ0) is 21.4. The summed E-state index contributed by atoms with van der Waals surface area (Å²) in [6.07, 6.45) is 1.30. The number of phenols is 1. The molecule has 1 atom stereocenters. The first-order valence-electron chi connectivity index (χ1n) is 9.60. The third-order valence-corrected chi connectivity index (χ3v) is 5.92. The molecule has 2 aliphatic rings. The molecule has 2 aliphatic heterocycles. The Bertz CT molecular complexity index is 993. The summed E-state index contributed by atoms with van der Waals surface area (Å²) in [6, 6.07) is 6.25. The Morgan fingerprint density at radius 2 is 2.20 bits per heavy atom. The van der Waals surface area contributed by atoms with Crippen LogP contribution in [0.1, 0.15) is 5.56 Å². The van der Waals surface area contributed by atoms with E-state index in [1.54, 1.807) is 23.1 Å². The minimum Gasteiger partial charge on any atom is -0.507 e. The number of phenolic OH excluding ortho intramolecular Hbond substituents is 1. The highest BCUT2D eigenvalue weighted by molar-refractivity contribution is 6.33. The molecule has 2 aromatic rings. The Balaban J connectivity index is 1.74. The molecule has 158 valence electrons. The molecule has 1 N–H and O–H groups in total. The number of methoxy groups -OCH3 is 1. The van der Waals surface area contributed by atoms with E-state index in [9.17, 15) is 9.90 Å². The number of nitrogens with zero attached hydrogens (tertiary/aromatic N) is 2. The molecule has 0 aromatic heterocycles. The van der Waals surface area contributed by atoms with Crippen LogP contribution in [-0.2, 0) is 11.3 Å². The maximum atomic E-state index is 15.7. The van der Waals surface area contributed by atoms with Crippen molar-refractivity contribution in [2.45, 2.75) is 12.6 Å². The van der Waals surface area contributed by atoms with Gasteiger partial charge in [-0.15, -0.1) is 0 Å². The second-order valence-corrected chi connectivity index (χ2v) is 7.72. The van der Waals surface area contributed by atoms with Gasteiger partial charge < -0.3 is 19.5 Å². The fraction of sp³-hybridized carbons (Fsp3) is 0.318. The number of fused-ring (bicyclic) bond motifs is 2. The molecule has 8 heteroatoms. The number of benzene rings is 2. The number of halogens is 2. The first-order valence-corrected chi connectivity index (χ1v) is 9.97. The van der Waals surface area contributed by atoms with Crippen LogP contribution in [0.5, 0.6) is 17.2 Å². The smallest absolute Gasteiger partial charge is 0.246 e. The van der Waals surface area contributed by atoms with Crippen molar-refractivity contribution in [1.29, 1.82) is 0 Å². The third kappa shape index (κ3) is 3.48. The van der Waals surface area contributed by atoms with Crippen LogP contribution in [0, 0.1) is 5.82 Å². The highest BCUT2D eigenvalue weighted by Gasteiger charge is 2.34. The predicted molar refractivity (Wildman–Crippen MR) is 112 cm³/mol. The van der Waals surface area contributed by atoms with E-state index in [0.29, 0.717) is 31.7 Å². The van der Waals surface area contributed by atoms with Crippen molar-refractivity contribution in [3.05, 3.63) is 53.3 Å². The lowest BCUT2D eigenvalue weighted by atomic mass is 9.99. The van der Waals surface area contributed by atoms with Crippen LogP contribution in [0.3, 0.4) is 0 Å². The standard InChI is InChI=1S/C22H22ClFN2O4/c1-3-18(28)26-8-7-25-10-13-9-17(29-2)20(19-15(23)5-4-6-16(19)27)21(24)22(13)30-12-14(25)11-26/h3-6,9,14,27H,1,7-8,10-12H2,2H3/t14-/m1/s1. The average Bonchev–Trinajstić information content (AvgIpc) is 2.93. The average molecular weight is 433 g/mol. The molecular weight excluding hydrogens is 411 g/mol. The van der Waals surface area contributed by atoms with Gasteiger partial charge in [-0.25, -0.2) is 4.39 Å². The summed E-state index contributed by atoms with van der Waals surface area (Å²) in [6.45, 7) is 5.92. The van der Waals surface area contributed by atoms with Crippen LogP contribution in [-0.4, -0.2) is 60.2 Å². The van der Waals surface area contributed by atoms with Crippen LogP contribution < -0.4 is 9.47 Å². The summed E-state index contributed by atoms with van der Waals surface area (Å²) in [4.78, 5) is 15.9. The molecule has 1 amide bonds. The number of ether oxygens (including phenoxy) is 2. The lowest BCUT2D eigenvalue weighted by molar-refractivity contribution is -0.129. The van der Waals surface area contributed by atoms with Crippen LogP contribution in [0.25, 0.3) is 11.1 Å². The van der Waals surface area contributed by atoms with Crippen molar-refractivity contribution in [1.82, 2.24) is 9.80 Å². The molecule has 0 aliphatic carbocycles. The monoisotopic (exact) mass is 432 g/mol. The summed E-state index contributed by atoms with van der Waals surface area (Å²) in [5.41, 5.74) is 0.859. The lowest BCUT2D eigenvalue weighted by Crippen LogP contribution is -2.55. The maximum Gasteiger partial charge on any atom is 0.246 e. The molecule has 2 aromatic carbocycles. The van der Waals surface area contributed by atoms with Crippen LogP contribution in [0.4, 0.5) is 4.39 Å². The number of carbonyl (C=O) groups excluding carboxylic acids is 1. The number of hydrogen-bond acceptors (Lipinski definition) is 5. The summed E-state index contributed by atoms with van der Waals surface area (Å²) in [5, 5.41) is 10.5. The summed E-state index contributed by atoms with van der Waals surface area (Å²) >= 11 is 6.26. The van der Waals surface area contributed by atoms with Gasteiger partial charge in [0.05, 0.1) is 23.7 Å². The van der Waals surface area contributed by atoms with Gasteiger partial charge in [-0.1, -0.05) is 24.2 Å². The van der Waals surface area contributed by atoms with Crippen molar-refractivity contribution in [2.75, 3.05) is 33.4 Å². The molecule has 0 unspecified atom stereocenters. The number of aromatic hydroxyl groups is 1. The zero-order valence-electron chi connectivity index (χ0n) is 16.5. The third-order valence-electron chi connectivity index (χ3n) is 5.61. The van der Waals surface area contributed by atoms with Gasteiger partial charge in [0.15, 0.2) is 11.6 Å². The Morgan fingerprint density at radius 3 is 2.90 bits per heavy atom. The quantitative estimate of drug-likeness (QED) is 0.753. The molecule has 30 heavy (non-hydrogen) atoms. The van der Waals surface area contributed by atoms with E-state index < -0.39 is 5.82 Å². The first kappa shape index (κ1) is 20.5. The van der Waals surface area contributed by atoms with Crippen LogP contribution in [0.2, 0.25) is 5.02 Å². The van der Waals surface area contributed by atoms with Gasteiger partial charge in [0, 0.05) is 37.3 Å². The molecule has 0 radical (unpaired) electrons. The summed E-state index contributed by atoms with van der Waals surface area (Å²) in [5.74, 6) is -0.532. The number of carbonyl (C=O) groups is 1. The molecule has 0 spiro atoms. The predicted octanol–water partition coefficient (Wildman–Crippen LogP) is 3.45. The molecule has 6 nitrogen and oxygen atoms in total. The molecule has 2 heterocycles. The van der Waals surface area contributed by atoms with Gasteiger partial charge in [0.25, 0.3) is 0 Å². The Labute approximate surface area is 179 Å². The number of rotatable bonds is 3. The SMILES string of the molecule is C=CC(=O)N1CCN2Cc3cc(OC)c(-c4c(O)cccc4Cl)c(F)c3OC[C@H]2C1. The fourth-order valence-electron chi connectivity index (χ4n) is 4.07. The second-order valence-electron chi connectivity index (χ2n) is 7.31. The molecule has 4 rings (SSSR count). The fourth-order valence-corrected chi connectivity index (χ4v) is 4.34. The van der Waals surface area contributed by atoms with Gasteiger partial charge in [0.1, 0.15) is 18.1 Å². The van der Waals surface area contributed by atoms with Gasteiger partial charge >= 0.3 is 0 Å². The molecule has 1 fully saturated rings. The molecule has 0 bridgehead atoms. The molecule has 1 saturated heterocycles. The Hall–Kier alpha value is -2.77. The minimum atomic E-state index is -0.633. The number of amides is 1. The van der Waals surface area contributed by atoms with E-state index in [1.165, 1.54) is 19.3 Å². The van der Waals surface area contributed by atoms with Crippen molar-refractivity contribution >= 4 is 17.5 Å². The Morgan fingerprint density at radius 1 is 1.40 bits per heavy atom. The lowest BCUT2D eigenvalue weighted by Gasteiger charge is -2.39.